The molecule has 0 amide bonds. The molecule has 4 rings (SSSR count). The normalized spacial score (nSPS) is 22.2. The van der Waals surface area contributed by atoms with Gasteiger partial charge in [0.15, 0.2) is 0 Å². The van der Waals surface area contributed by atoms with E-state index in [0.29, 0.717) is 17.3 Å². The molecule has 2 heteroatoms. The number of nitrogens with one attached hydrogen (secondary N) is 1. The SMILES string of the molecule is C=C(CC(C(=C)Nc1ccc(C2(C)CCCCC2)cc1)C1CCCCCCC1)C1=CCN=C1C. The van der Waals surface area contributed by atoms with E-state index in [1.807, 2.05) is 0 Å². The average molecular weight is 459 g/mol. The summed E-state index contributed by atoms with van der Waals surface area (Å²) in [6.07, 6.45) is 19.4. The minimum absolute atomic E-state index is 0.349. The van der Waals surface area contributed by atoms with Crippen LogP contribution in [0.1, 0.15) is 103 Å². The maximum Gasteiger partial charge on any atom is 0.0583 e. The van der Waals surface area contributed by atoms with E-state index < -0.39 is 0 Å². The number of anilines is 1. The number of hydrogen-bond donors (Lipinski definition) is 1. The Morgan fingerprint density at radius 2 is 1.59 bits per heavy atom. The lowest BCUT2D eigenvalue weighted by Crippen LogP contribution is -2.25. The van der Waals surface area contributed by atoms with Crippen molar-refractivity contribution in [2.24, 2.45) is 16.8 Å². The molecule has 1 atom stereocenters. The molecule has 1 heterocycles. The smallest absolute Gasteiger partial charge is 0.0583 e. The summed E-state index contributed by atoms with van der Waals surface area (Å²) >= 11 is 0. The van der Waals surface area contributed by atoms with Crippen molar-refractivity contribution in [1.29, 1.82) is 0 Å². The Balaban J connectivity index is 1.47. The van der Waals surface area contributed by atoms with Gasteiger partial charge in [-0.25, -0.2) is 0 Å². The van der Waals surface area contributed by atoms with Gasteiger partial charge in [0.2, 0.25) is 0 Å². The third-order valence-corrected chi connectivity index (χ3v) is 8.87. The van der Waals surface area contributed by atoms with Crippen molar-refractivity contribution in [3.05, 3.63) is 65.9 Å². The molecule has 1 aromatic carbocycles. The van der Waals surface area contributed by atoms with E-state index in [0.717, 1.165) is 24.4 Å². The van der Waals surface area contributed by atoms with Crippen LogP contribution in [0.25, 0.3) is 0 Å². The van der Waals surface area contributed by atoms with Gasteiger partial charge in [-0.05, 0) is 79.2 Å². The summed E-state index contributed by atoms with van der Waals surface area (Å²) in [7, 11) is 0. The molecule has 0 aromatic heterocycles. The van der Waals surface area contributed by atoms with Gasteiger partial charge in [-0.3, -0.25) is 4.99 Å². The van der Waals surface area contributed by atoms with Gasteiger partial charge in [0.25, 0.3) is 0 Å². The third kappa shape index (κ3) is 6.12. The molecule has 1 aliphatic heterocycles. The predicted molar refractivity (Wildman–Crippen MR) is 149 cm³/mol. The molecular weight excluding hydrogens is 412 g/mol. The fourth-order valence-electron chi connectivity index (χ4n) is 6.60. The molecular formula is C32H46N2. The van der Waals surface area contributed by atoms with Gasteiger partial charge >= 0.3 is 0 Å². The van der Waals surface area contributed by atoms with Crippen molar-refractivity contribution < 1.29 is 0 Å². The first-order valence-electron chi connectivity index (χ1n) is 13.9. The zero-order valence-corrected chi connectivity index (χ0v) is 21.8. The fraction of sp³-hybridized carbons (Fsp3) is 0.594. The van der Waals surface area contributed by atoms with Gasteiger partial charge in [-0.1, -0.05) is 89.7 Å². The number of hydrogen-bond acceptors (Lipinski definition) is 2. The van der Waals surface area contributed by atoms with Crippen molar-refractivity contribution in [3.63, 3.8) is 0 Å². The van der Waals surface area contributed by atoms with Crippen LogP contribution in [0.5, 0.6) is 0 Å². The Morgan fingerprint density at radius 3 is 2.21 bits per heavy atom. The topological polar surface area (TPSA) is 24.4 Å². The van der Waals surface area contributed by atoms with Crippen LogP contribution in [0.15, 0.2) is 65.3 Å². The first-order chi connectivity index (χ1) is 16.5. The van der Waals surface area contributed by atoms with Gasteiger partial charge in [0, 0.05) is 23.0 Å². The standard InChI is InChI=1S/C32H46N2/c1-24(30-19-22-33-25(30)2)23-31(27-13-9-6-5-7-10-14-27)26(3)34-29-17-15-28(16-18-29)32(4)20-11-8-12-21-32/h15-19,27,31,34H,1,3,5-14,20-23H2,2,4H3. The summed E-state index contributed by atoms with van der Waals surface area (Å²) < 4.78 is 0. The summed E-state index contributed by atoms with van der Waals surface area (Å²) in [4.78, 5) is 4.58. The van der Waals surface area contributed by atoms with E-state index in [-0.39, 0.29) is 0 Å². The predicted octanol–water partition coefficient (Wildman–Crippen LogP) is 9.16. The number of allylic oxidation sites excluding steroid dienone is 3. The lowest BCUT2D eigenvalue weighted by atomic mass is 9.71. The molecule has 0 radical (unpaired) electrons. The highest BCUT2D eigenvalue weighted by molar-refractivity contribution is 6.03. The van der Waals surface area contributed by atoms with E-state index in [9.17, 15) is 0 Å². The molecule has 2 nitrogen and oxygen atoms in total. The summed E-state index contributed by atoms with van der Waals surface area (Å²) in [5.41, 5.74) is 7.83. The Bertz CT molecular complexity index is 903. The van der Waals surface area contributed by atoms with Gasteiger partial charge in [-0.15, -0.1) is 0 Å². The maximum atomic E-state index is 4.60. The average Bonchev–Trinajstić information content (AvgIpc) is 3.24. The monoisotopic (exact) mass is 458 g/mol. The molecule has 0 bridgehead atoms. The molecule has 2 aliphatic carbocycles. The Morgan fingerprint density at radius 1 is 0.971 bits per heavy atom. The van der Waals surface area contributed by atoms with Crippen LogP contribution >= 0.6 is 0 Å². The Labute approximate surface area is 208 Å². The van der Waals surface area contributed by atoms with Crippen molar-refractivity contribution >= 4 is 11.4 Å². The molecule has 3 aliphatic rings. The van der Waals surface area contributed by atoms with Crippen LogP contribution in [0, 0.1) is 11.8 Å². The molecule has 34 heavy (non-hydrogen) atoms. The van der Waals surface area contributed by atoms with Crippen molar-refractivity contribution in [1.82, 2.24) is 0 Å². The second-order valence-corrected chi connectivity index (χ2v) is 11.4. The highest BCUT2D eigenvalue weighted by Crippen LogP contribution is 2.40. The second kappa shape index (κ2) is 11.6. The van der Waals surface area contributed by atoms with E-state index in [1.54, 1.807) is 0 Å². The van der Waals surface area contributed by atoms with Gasteiger partial charge in [0.05, 0.1) is 6.54 Å². The minimum atomic E-state index is 0.349. The maximum absolute atomic E-state index is 4.60. The van der Waals surface area contributed by atoms with Crippen molar-refractivity contribution in [2.75, 3.05) is 11.9 Å². The number of aliphatic imine (C=N–C) groups is 1. The minimum Gasteiger partial charge on any atom is -0.359 e. The first-order valence-corrected chi connectivity index (χ1v) is 13.9. The number of rotatable bonds is 8. The van der Waals surface area contributed by atoms with Crippen LogP contribution in [0.4, 0.5) is 5.69 Å². The molecule has 0 spiro atoms. The van der Waals surface area contributed by atoms with Gasteiger partial charge < -0.3 is 5.32 Å². The summed E-state index contributed by atoms with van der Waals surface area (Å²) in [6.45, 7) is 14.5. The fourth-order valence-corrected chi connectivity index (χ4v) is 6.60. The Hall–Kier alpha value is -2.09. The molecule has 2 fully saturated rings. The molecule has 1 aromatic rings. The summed E-state index contributed by atoms with van der Waals surface area (Å²) in [5, 5.41) is 3.74. The molecule has 2 saturated carbocycles. The van der Waals surface area contributed by atoms with Gasteiger partial charge in [-0.2, -0.15) is 0 Å². The lowest BCUT2D eigenvalue weighted by Gasteiger charge is -2.34. The lowest BCUT2D eigenvalue weighted by molar-refractivity contribution is 0.295. The zero-order valence-electron chi connectivity index (χ0n) is 21.8. The largest absolute Gasteiger partial charge is 0.359 e. The van der Waals surface area contributed by atoms with E-state index >= 15 is 0 Å². The molecule has 0 saturated heterocycles. The van der Waals surface area contributed by atoms with E-state index in [1.165, 1.54) is 99.4 Å². The highest BCUT2D eigenvalue weighted by Gasteiger charge is 2.29. The first kappa shape index (κ1) is 25.0. The van der Waals surface area contributed by atoms with Crippen molar-refractivity contribution in [3.8, 4) is 0 Å². The summed E-state index contributed by atoms with van der Waals surface area (Å²) in [6, 6.07) is 9.27. The van der Waals surface area contributed by atoms with Crippen LogP contribution in [-0.2, 0) is 5.41 Å². The molecule has 1 N–H and O–H groups in total. The molecule has 1 unspecified atom stereocenters. The van der Waals surface area contributed by atoms with Crippen LogP contribution < -0.4 is 5.32 Å². The number of nitrogens with zero attached hydrogens (tertiary/aromatic N) is 1. The molecule has 184 valence electrons. The van der Waals surface area contributed by atoms with E-state index in [2.05, 4.69) is 67.7 Å². The van der Waals surface area contributed by atoms with Crippen LogP contribution in [-0.4, -0.2) is 12.3 Å². The zero-order chi connectivity index (χ0) is 24.0. The van der Waals surface area contributed by atoms with Crippen molar-refractivity contribution in [2.45, 2.75) is 103 Å². The summed E-state index contributed by atoms with van der Waals surface area (Å²) in [5.74, 6) is 1.09. The quantitative estimate of drug-likeness (QED) is 0.412. The van der Waals surface area contributed by atoms with E-state index in [4.69, 9.17) is 0 Å². The Kier molecular flexibility index (Phi) is 8.51. The van der Waals surface area contributed by atoms with Gasteiger partial charge in [0.1, 0.15) is 0 Å². The highest BCUT2D eigenvalue weighted by atomic mass is 14.9. The third-order valence-electron chi connectivity index (χ3n) is 8.87. The van der Waals surface area contributed by atoms with Crippen LogP contribution in [0.3, 0.4) is 0 Å². The second-order valence-electron chi connectivity index (χ2n) is 11.4. The van der Waals surface area contributed by atoms with Crippen LogP contribution in [0.2, 0.25) is 0 Å². The number of benzene rings is 1.